The van der Waals surface area contributed by atoms with Crippen molar-refractivity contribution in [2.45, 2.75) is 102 Å². The van der Waals surface area contributed by atoms with E-state index in [1.165, 1.54) is 44.5 Å². The van der Waals surface area contributed by atoms with Crippen LogP contribution in [0.3, 0.4) is 0 Å². The van der Waals surface area contributed by atoms with Crippen LogP contribution in [0.15, 0.2) is 158 Å². The third-order valence-corrected chi connectivity index (χ3v) is 14.0. The normalized spacial score (nSPS) is 13.4. The average molecular weight is 803 g/mol. The van der Waals surface area contributed by atoms with Gasteiger partial charge in [-0.25, -0.2) is 0 Å². The van der Waals surface area contributed by atoms with Gasteiger partial charge in [-0.05, 0) is 68.5 Å². The second kappa shape index (κ2) is 18.0. The minimum Gasteiger partial charge on any atom is -0.396 e. The van der Waals surface area contributed by atoms with Crippen LogP contribution in [0.5, 0.6) is 0 Å². The van der Waals surface area contributed by atoms with Crippen LogP contribution >= 0.6 is 0 Å². The van der Waals surface area contributed by atoms with Gasteiger partial charge in [0.15, 0.2) is 0 Å². The molecule has 1 unspecified atom stereocenters. The molecule has 60 heavy (non-hydrogen) atoms. The Morgan fingerprint density at radius 1 is 0.367 bits per heavy atom. The van der Waals surface area contributed by atoms with E-state index in [2.05, 4.69) is 213 Å². The van der Waals surface area contributed by atoms with Crippen molar-refractivity contribution in [1.29, 1.82) is 0 Å². The summed E-state index contributed by atoms with van der Waals surface area (Å²) < 4.78 is 0. The maximum atomic E-state index is 11.8. The minimum atomic E-state index is -1.43. The van der Waals surface area contributed by atoms with Gasteiger partial charge in [-0.15, -0.1) is 0 Å². The molecule has 0 amide bonds. The van der Waals surface area contributed by atoms with Crippen LogP contribution in [0.1, 0.15) is 130 Å². The van der Waals surface area contributed by atoms with Gasteiger partial charge >= 0.3 is 0 Å². The smallest absolute Gasteiger partial charge is 0.0663 e. The highest BCUT2D eigenvalue weighted by Gasteiger charge is 2.40. The van der Waals surface area contributed by atoms with E-state index >= 15 is 0 Å². The van der Waals surface area contributed by atoms with Crippen molar-refractivity contribution in [1.82, 2.24) is 0 Å². The Morgan fingerprint density at radius 3 is 0.967 bits per heavy atom. The molecule has 0 aliphatic heterocycles. The Balaban J connectivity index is 1.66. The van der Waals surface area contributed by atoms with E-state index in [-0.39, 0.29) is 23.2 Å². The predicted octanol–water partition coefficient (Wildman–Crippen LogP) is 11.2. The molecule has 6 rings (SSSR count). The molecule has 0 bridgehead atoms. The zero-order valence-electron chi connectivity index (χ0n) is 37.0. The summed E-state index contributed by atoms with van der Waals surface area (Å²) in [6.45, 7) is 16.8. The van der Waals surface area contributed by atoms with Crippen molar-refractivity contribution in [3.63, 3.8) is 0 Å². The Hall–Kier alpha value is -4.84. The maximum absolute atomic E-state index is 11.8. The Bertz CT molecular complexity index is 2130. The van der Waals surface area contributed by atoms with Gasteiger partial charge in [-0.1, -0.05) is 213 Å². The van der Waals surface area contributed by atoms with Crippen LogP contribution in [-0.2, 0) is 21.7 Å². The van der Waals surface area contributed by atoms with Crippen molar-refractivity contribution in [2.75, 3.05) is 19.8 Å². The molecule has 0 aliphatic carbocycles. The zero-order valence-corrected chi connectivity index (χ0v) is 37.0. The van der Waals surface area contributed by atoms with E-state index in [0.29, 0.717) is 6.42 Å². The first-order valence-corrected chi connectivity index (χ1v) is 21.6. The van der Waals surface area contributed by atoms with Crippen LogP contribution in [0.2, 0.25) is 0 Å². The fourth-order valence-corrected chi connectivity index (χ4v) is 9.22. The second-order valence-electron chi connectivity index (χ2n) is 19.1. The van der Waals surface area contributed by atoms with E-state index in [1.807, 2.05) is 0 Å². The third-order valence-electron chi connectivity index (χ3n) is 14.0. The van der Waals surface area contributed by atoms with Gasteiger partial charge < -0.3 is 20.4 Å². The zero-order chi connectivity index (χ0) is 43.3. The van der Waals surface area contributed by atoms with Crippen molar-refractivity contribution in [3.05, 3.63) is 213 Å². The maximum Gasteiger partial charge on any atom is 0.0663 e. The summed E-state index contributed by atoms with van der Waals surface area (Å²) in [5.74, 6) is -0.216. The first-order valence-electron chi connectivity index (χ1n) is 21.6. The molecule has 6 aromatic rings. The molecule has 0 saturated heterocycles. The summed E-state index contributed by atoms with van der Waals surface area (Å²) in [6, 6.07) is 56.7. The number of hydrogen-bond acceptors (Lipinski definition) is 4. The molecule has 0 aliphatic rings. The molecule has 0 fully saturated rings. The Kier molecular flexibility index (Phi) is 13.4. The SMILES string of the molecule is CC(C)(c1ccccc1)c1ccc(C(CCC(O)C(CO)(CO)CO)c2ccc(C(C)(C)c3ccccc3)cc2C(C)(C)c2ccccc2)c(C(C)(C)c2ccccc2)c1. The van der Waals surface area contributed by atoms with Gasteiger partial charge in [0, 0.05) is 27.6 Å². The number of hydrogen-bond donors (Lipinski definition) is 4. The summed E-state index contributed by atoms with van der Waals surface area (Å²) in [4.78, 5) is 0. The highest BCUT2D eigenvalue weighted by atomic mass is 16.3. The van der Waals surface area contributed by atoms with Crippen molar-refractivity contribution in [2.24, 2.45) is 5.41 Å². The summed E-state index contributed by atoms with van der Waals surface area (Å²) in [5.41, 5.74) is 9.13. The van der Waals surface area contributed by atoms with Gasteiger partial charge in [0.05, 0.1) is 31.3 Å². The standard InChI is InChI=1S/C56H66O4/c1-52(2,40-21-13-9-14-22-40)44-29-31-47(49(35-44)54(5,6)42-25-17-11-18-26-42)46(33-34-51(60)56(37-57,38-58)39-59)48-32-30-45(53(3,4)41-23-15-10-16-24-41)36-50(48)55(7,8)43-27-19-12-20-28-43/h9-32,35-36,46,51,57-60H,33-34,37-39H2,1-8H3. The van der Waals surface area contributed by atoms with Gasteiger partial charge in [-0.3, -0.25) is 0 Å². The van der Waals surface area contributed by atoms with Gasteiger partial charge in [-0.2, -0.15) is 0 Å². The molecule has 0 heterocycles. The summed E-state index contributed by atoms with van der Waals surface area (Å²) in [6.07, 6.45) is -0.401. The lowest BCUT2D eigenvalue weighted by Gasteiger charge is -2.38. The molecule has 4 N–H and O–H groups in total. The van der Waals surface area contributed by atoms with Crippen molar-refractivity contribution >= 4 is 0 Å². The third kappa shape index (κ3) is 8.67. The topological polar surface area (TPSA) is 80.9 Å². The highest BCUT2D eigenvalue weighted by Crippen LogP contribution is 2.48. The number of benzene rings is 6. The molecule has 0 spiro atoms. The molecule has 0 saturated carbocycles. The van der Waals surface area contributed by atoms with Crippen LogP contribution < -0.4 is 0 Å². The van der Waals surface area contributed by atoms with Crippen molar-refractivity contribution < 1.29 is 20.4 Å². The lowest BCUT2D eigenvalue weighted by molar-refractivity contribution is -0.0864. The molecule has 4 heteroatoms. The van der Waals surface area contributed by atoms with Crippen LogP contribution in [0, 0.1) is 5.41 Å². The van der Waals surface area contributed by atoms with E-state index in [0.717, 1.165) is 11.1 Å². The molecule has 0 aromatic heterocycles. The molecule has 4 nitrogen and oxygen atoms in total. The van der Waals surface area contributed by atoms with Crippen LogP contribution in [-0.4, -0.2) is 46.4 Å². The largest absolute Gasteiger partial charge is 0.396 e. The van der Waals surface area contributed by atoms with Crippen molar-refractivity contribution in [3.8, 4) is 0 Å². The molecule has 6 aromatic carbocycles. The fourth-order valence-electron chi connectivity index (χ4n) is 9.22. The second-order valence-corrected chi connectivity index (χ2v) is 19.1. The number of aliphatic hydroxyl groups is 4. The van der Waals surface area contributed by atoms with Crippen LogP contribution in [0.4, 0.5) is 0 Å². The number of rotatable bonds is 17. The molecule has 0 radical (unpaired) electrons. The van der Waals surface area contributed by atoms with E-state index in [4.69, 9.17) is 0 Å². The van der Waals surface area contributed by atoms with Crippen LogP contribution in [0.25, 0.3) is 0 Å². The van der Waals surface area contributed by atoms with Gasteiger partial charge in [0.2, 0.25) is 0 Å². The van der Waals surface area contributed by atoms with E-state index in [9.17, 15) is 20.4 Å². The minimum absolute atomic E-state index is 0.216. The monoisotopic (exact) mass is 802 g/mol. The lowest BCUT2D eigenvalue weighted by atomic mass is 9.66. The molecule has 1 atom stereocenters. The predicted molar refractivity (Wildman–Crippen MR) is 248 cm³/mol. The van der Waals surface area contributed by atoms with Gasteiger partial charge in [0.1, 0.15) is 0 Å². The summed E-state index contributed by atoms with van der Waals surface area (Å²) in [7, 11) is 0. The number of aliphatic hydroxyl groups excluding tert-OH is 4. The quantitative estimate of drug-likeness (QED) is 0.0740. The van der Waals surface area contributed by atoms with E-state index < -0.39 is 42.2 Å². The lowest BCUT2D eigenvalue weighted by Crippen LogP contribution is -2.45. The first kappa shape index (κ1) is 44.7. The van der Waals surface area contributed by atoms with E-state index in [1.54, 1.807) is 0 Å². The fraction of sp³-hybridized carbons (Fsp3) is 0.357. The molecular weight excluding hydrogens is 737 g/mol. The summed E-state index contributed by atoms with van der Waals surface area (Å²) in [5, 5.41) is 43.1. The molecular formula is C56H66O4. The first-order chi connectivity index (χ1) is 28.5. The Morgan fingerprint density at radius 2 is 0.667 bits per heavy atom. The molecule has 314 valence electrons. The Labute approximate surface area is 359 Å². The van der Waals surface area contributed by atoms with Gasteiger partial charge in [0.25, 0.3) is 0 Å². The summed E-state index contributed by atoms with van der Waals surface area (Å²) >= 11 is 0. The average Bonchev–Trinajstić information content (AvgIpc) is 3.28. The highest BCUT2D eigenvalue weighted by molar-refractivity contribution is 5.56.